The monoisotopic (exact) mass is 396 g/mol. The van der Waals surface area contributed by atoms with E-state index in [0.29, 0.717) is 23.5 Å². The average molecular weight is 398 g/mol. The van der Waals surface area contributed by atoms with Gasteiger partial charge in [0.25, 0.3) is 5.91 Å². The van der Waals surface area contributed by atoms with E-state index < -0.39 is 11.6 Å². The number of carbonyl (C=O) groups excluding carboxylic acids is 1. The van der Waals surface area contributed by atoms with E-state index in [-0.39, 0.29) is 23.9 Å². The van der Waals surface area contributed by atoms with Crippen molar-refractivity contribution in [3.63, 3.8) is 0 Å². The van der Waals surface area contributed by atoms with Crippen molar-refractivity contribution in [2.75, 3.05) is 26.2 Å². The van der Waals surface area contributed by atoms with Crippen LogP contribution in [0.15, 0.2) is 16.6 Å². The third kappa shape index (κ3) is 4.64. The van der Waals surface area contributed by atoms with Crippen LogP contribution in [-0.2, 0) is 0 Å². The van der Waals surface area contributed by atoms with E-state index in [1.54, 1.807) is 4.90 Å². The molecule has 0 spiro atoms. The fraction of sp³-hybridized carbons (Fsp3) is 0.533. The van der Waals surface area contributed by atoms with E-state index in [1.807, 2.05) is 0 Å². The number of amides is 1. The van der Waals surface area contributed by atoms with E-state index in [9.17, 15) is 13.6 Å². The van der Waals surface area contributed by atoms with Gasteiger partial charge in [-0.2, -0.15) is 0 Å². The first-order valence-electron chi connectivity index (χ1n) is 7.17. The van der Waals surface area contributed by atoms with Crippen LogP contribution in [0.2, 0.25) is 0 Å². The molecule has 1 aromatic rings. The number of halogens is 4. The second kappa shape index (κ2) is 8.79. The molecule has 0 atom stereocenters. The quantitative estimate of drug-likeness (QED) is 0.787. The van der Waals surface area contributed by atoms with Gasteiger partial charge in [-0.15, -0.1) is 12.4 Å². The number of rotatable bonds is 4. The molecule has 1 heterocycles. The summed E-state index contributed by atoms with van der Waals surface area (Å²) in [6, 6.07) is 1.97. The molecule has 1 N–H and O–H groups in total. The molecule has 1 aliphatic rings. The lowest BCUT2D eigenvalue weighted by Gasteiger charge is -2.32. The van der Waals surface area contributed by atoms with Crippen LogP contribution < -0.4 is 5.32 Å². The summed E-state index contributed by atoms with van der Waals surface area (Å²) in [5.41, 5.74) is 0.180. The fourth-order valence-corrected chi connectivity index (χ4v) is 3.03. The van der Waals surface area contributed by atoms with Gasteiger partial charge in [-0.3, -0.25) is 4.79 Å². The van der Waals surface area contributed by atoms with Crippen LogP contribution in [0.4, 0.5) is 8.78 Å². The van der Waals surface area contributed by atoms with Crippen molar-refractivity contribution in [3.8, 4) is 0 Å². The highest BCUT2D eigenvalue weighted by molar-refractivity contribution is 9.10. The Morgan fingerprint density at radius 3 is 2.50 bits per heavy atom. The highest BCUT2D eigenvalue weighted by Gasteiger charge is 2.25. The summed E-state index contributed by atoms with van der Waals surface area (Å²) in [4.78, 5) is 14.1. The topological polar surface area (TPSA) is 32.3 Å². The van der Waals surface area contributed by atoms with E-state index in [1.165, 1.54) is 0 Å². The number of hydrogen-bond acceptors (Lipinski definition) is 2. The van der Waals surface area contributed by atoms with Crippen molar-refractivity contribution in [3.05, 3.63) is 33.8 Å². The lowest BCUT2D eigenvalue weighted by molar-refractivity contribution is 0.0688. The molecule has 0 radical (unpaired) electrons. The lowest BCUT2D eigenvalue weighted by Crippen LogP contribution is -2.41. The number of nitrogens with zero attached hydrogens (tertiary/aromatic N) is 1. The first-order valence-corrected chi connectivity index (χ1v) is 7.96. The van der Waals surface area contributed by atoms with Gasteiger partial charge in [0.2, 0.25) is 0 Å². The van der Waals surface area contributed by atoms with Gasteiger partial charge in [-0.05, 0) is 59.9 Å². The van der Waals surface area contributed by atoms with E-state index in [0.717, 1.165) is 38.1 Å². The molecular weight excluding hydrogens is 378 g/mol. The minimum Gasteiger partial charge on any atom is -0.339 e. The standard InChI is InChI=1S/C15H19BrF2N2O.ClH/c1-2-19-9-10-3-5-20(6-4-10)15(21)11-7-13(17)14(18)8-12(11)16;/h7-8,10,19H,2-6,9H2,1H3;1H. The van der Waals surface area contributed by atoms with E-state index in [4.69, 9.17) is 0 Å². The average Bonchev–Trinajstić information content (AvgIpc) is 2.48. The summed E-state index contributed by atoms with van der Waals surface area (Å²) in [6.45, 7) is 5.29. The molecule has 1 aliphatic heterocycles. The van der Waals surface area contributed by atoms with Crippen molar-refractivity contribution < 1.29 is 13.6 Å². The molecule has 7 heteroatoms. The maximum Gasteiger partial charge on any atom is 0.255 e. The van der Waals surface area contributed by atoms with Crippen molar-refractivity contribution in [2.24, 2.45) is 5.92 Å². The second-order valence-corrected chi connectivity index (χ2v) is 6.14. The number of nitrogens with one attached hydrogen (secondary N) is 1. The second-order valence-electron chi connectivity index (χ2n) is 5.29. The van der Waals surface area contributed by atoms with Crippen LogP contribution in [0, 0.1) is 17.6 Å². The van der Waals surface area contributed by atoms with Crippen LogP contribution in [0.5, 0.6) is 0 Å². The lowest BCUT2D eigenvalue weighted by atomic mass is 9.96. The zero-order valence-electron chi connectivity index (χ0n) is 12.4. The van der Waals surface area contributed by atoms with Crippen LogP contribution in [0.25, 0.3) is 0 Å². The number of benzene rings is 1. The summed E-state index contributed by atoms with van der Waals surface area (Å²) in [7, 11) is 0. The normalized spacial score (nSPS) is 15.5. The molecule has 124 valence electrons. The number of likely N-dealkylation sites (tertiary alicyclic amines) is 1. The third-order valence-electron chi connectivity index (χ3n) is 3.83. The summed E-state index contributed by atoms with van der Waals surface area (Å²) in [5.74, 6) is -1.63. The molecule has 22 heavy (non-hydrogen) atoms. The Balaban J connectivity index is 0.00000242. The molecule has 1 amide bonds. The smallest absolute Gasteiger partial charge is 0.255 e. The number of hydrogen-bond donors (Lipinski definition) is 1. The molecule has 0 bridgehead atoms. The van der Waals surface area contributed by atoms with E-state index in [2.05, 4.69) is 28.2 Å². The zero-order chi connectivity index (χ0) is 15.4. The third-order valence-corrected chi connectivity index (χ3v) is 4.48. The van der Waals surface area contributed by atoms with Gasteiger partial charge in [0.1, 0.15) is 0 Å². The highest BCUT2D eigenvalue weighted by Crippen LogP contribution is 2.24. The van der Waals surface area contributed by atoms with Crippen molar-refractivity contribution in [1.82, 2.24) is 10.2 Å². The first kappa shape index (κ1) is 19.3. The Morgan fingerprint density at radius 1 is 1.32 bits per heavy atom. The maximum absolute atomic E-state index is 13.3. The largest absolute Gasteiger partial charge is 0.339 e. The molecule has 0 unspecified atom stereocenters. The van der Waals surface area contributed by atoms with Gasteiger partial charge < -0.3 is 10.2 Å². The molecule has 3 nitrogen and oxygen atoms in total. The molecule has 1 aromatic carbocycles. The summed E-state index contributed by atoms with van der Waals surface area (Å²) < 4.78 is 26.7. The van der Waals surface area contributed by atoms with Crippen molar-refractivity contribution in [2.45, 2.75) is 19.8 Å². The molecule has 1 saturated heterocycles. The van der Waals surface area contributed by atoms with Crippen LogP contribution in [-0.4, -0.2) is 37.0 Å². The van der Waals surface area contributed by atoms with Gasteiger partial charge in [-0.25, -0.2) is 8.78 Å². The maximum atomic E-state index is 13.3. The summed E-state index contributed by atoms with van der Waals surface area (Å²) >= 11 is 3.13. The number of carbonyl (C=O) groups is 1. The minimum atomic E-state index is -0.997. The van der Waals surface area contributed by atoms with E-state index >= 15 is 0 Å². The van der Waals surface area contributed by atoms with Crippen LogP contribution >= 0.6 is 28.3 Å². The predicted molar refractivity (Wildman–Crippen MR) is 88.5 cm³/mol. The van der Waals surface area contributed by atoms with Crippen molar-refractivity contribution in [1.29, 1.82) is 0 Å². The van der Waals surface area contributed by atoms with Gasteiger partial charge >= 0.3 is 0 Å². The molecule has 0 aliphatic carbocycles. The zero-order valence-corrected chi connectivity index (χ0v) is 14.8. The molecular formula is C15H20BrClF2N2O. The molecule has 2 rings (SSSR count). The molecule has 0 saturated carbocycles. The summed E-state index contributed by atoms with van der Waals surface area (Å²) in [5, 5.41) is 3.31. The van der Waals surface area contributed by atoms with Crippen molar-refractivity contribution >= 4 is 34.2 Å². The van der Waals surface area contributed by atoms with Gasteiger partial charge in [0.15, 0.2) is 11.6 Å². The van der Waals surface area contributed by atoms with Gasteiger partial charge in [0.05, 0.1) is 5.56 Å². The Hall–Kier alpha value is -0.720. The Kier molecular flexibility index (Phi) is 7.72. The fourth-order valence-electron chi connectivity index (χ4n) is 2.55. The van der Waals surface area contributed by atoms with Gasteiger partial charge in [-0.1, -0.05) is 6.92 Å². The number of piperidine rings is 1. The summed E-state index contributed by atoms with van der Waals surface area (Å²) in [6.07, 6.45) is 1.86. The Labute approximate surface area is 144 Å². The Bertz CT molecular complexity index is 523. The first-order chi connectivity index (χ1) is 10.0. The minimum absolute atomic E-state index is 0. The SMILES string of the molecule is CCNCC1CCN(C(=O)c2cc(F)c(F)cc2Br)CC1.Cl. The predicted octanol–water partition coefficient (Wildman–Crippen LogP) is 3.61. The van der Waals surface area contributed by atoms with Gasteiger partial charge in [0, 0.05) is 17.6 Å². The van der Waals surface area contributed by atoms with Crippen LogP contribution in [0.3, 0.4) is 0 Å². The Morgan fingerprint density at radius 2 is 1.91 bits per heavy atom. The van der Waals surface area contributed by atoms with Crippen LogP contribution in [0.1, 0.15) is 30.1 Å². The highest BCUT2D eigenvalue weighted by atomic mass is 79.9. The molecule has 1 fully saturated rings. The molecule has 0 aromatic heterocycles.